The van der Waals surface area contributed by atoms with E-state index in [9.17, 15) is 27.6 Å². The van der Waals surface area contributed by atoms with Gasteiger partial charge in [-0.15, -0.1) is 0 Å². The molecule has 2 fully saturated rings. The topological polar surface area (TPSA) is 103 Å². The minimum Gasteiger partial charge on any atom is -0.444 e. The summed E-state index contributed by atoms with van der Waals surface area (Å²) < 4.78 is 53.1. The molecule has 2 aliphatic rings. The number of hydrogen-bond donors (Lipinski definition) is 1. The molecule has 1 aromatic heterocycles. The summed E-state index contributed by atoms with van der Waals surface area (Å²) in [5.41, 5.74) is -1.23. The highest BCUT2D eigenvalue weighted by Crippen LogP contribution is 2.36. The van der Waals surface area contributed by atoms with Crippen LogP contribution in [0.4, 0.5) is 22.8 Å². The van der Waals surface area contributed by atoms with Crippen molar-refractivity contribution in [3.63, 3.8) is 0 Å². The highest BCUT2D eigenvalue weighted by molar-refractivity contribution is 8.18. The third kappa shape index (κ3) is 7.22. The highest BCUT2D eigenvalue weighted by atomic mass is 35.5. The van der Waals surface area contributed by atoms with E-state index in [1.807, 2.05) is 0 Å². The number of carbonyl (C=O) groups excluding carboxylic acids is 3. The summed E-state index contributed by atoms with van der Waals surface area (Å²) in [6, 6.07) is 8.76. The lowest BCUT2D eigenvalue weighted by atomic mass is 9.89. The Morgan fingerprint density at radius 2 is 1.89 bits per heavy atom. The Bertz CT molecular complexity index is 1640. The first kappa shape index (κ1) is 31.9. The molecule has 2 aliphatic heterocycles. The zero-order valence-electron chi connectivity index (χ0n) is 24.2. The van der Waals surface area contributed by atoms with Gasteiger partial charge in [0.25, 0.3) is 11.1 Å². The van der Waals surface area contributed by atoms with Crippen LogP contribution in [0, 0.1) is 0 Å². The molecule has 2 aromatic carbocycles. The standard InChI is InChI=1S/C30H30ClF3N4O5S/c1-28(2,3)43-26(40)36-29(8-10-42-11-9-29)17-37-25(39)24(44-27(37)41)13-18-4-7-23-20(12-18)15-35-38(23)16-19-5-6-21(31)14-22(19)30(32,33)34/h4-7,12-15H,8-11,16-17H2,1-3H3,(H,36,40). The summed E-state index contributed by atoms with van der Waals surface area (Å²) in [7, 11) is 0. The van der Waals surface area contributed by atoms with Gasteiger partial charge in [-0.05, 0) is 86.8 Å². The lowest BCUT2D eigenvalue weighted by Gasteiger charge is -2.40. The van der Waals surface area contributed by atoms with Crippen LogP contribution < -0.4 is 5.32 Å². The predicted molar refractivity (Wildman–Crippen MR) is 160 cm³/mol. The van der Waals surface area contributed by atoms with Gasteiger partial charge in [0, 0.05) is 23.6 Å². The van der Waals surface area contributed by atoms with Gasteiger partial charge in [0.1, 0.15) is 5.60 Å². The van der Waals surface area contributed by atoms with Crippen molar-refractivity contribution >= 4 is 57.6 Å². The van der Waals surface area contributed by atoms with Crippen molar-refractivity contribution in [1.29, 1.82) is 0 Å². The number of alkyl halides is 3. The number of amides is 3. The van der Waals surface area contributed by atoms with Gasteiger partial charge < -0.3 is 14.8 Å². The van der Waals surface area contributed by atoms with Crippen LogP contribution in [-0.4, -0.2) is 62.8 Å². The molecule has 0 atom stereocenters. The van der Waals surface area contributed by atoms with E-state index in [1.54, 1.807) is 45.0 Å². The van der Waals surface area contributed by atoms with Crippen LogP contribution in [0.25, 0.3) is 17.0 Å². The van der Waals surface area contributed by atoms with E-state index >= 15 is 0 Å². The Morgan fingerprint density at radius 1 is 1.16 bits per heavy atom. The Hall–Kier alpha value is -3.55. The minimum atomic E-state index is -4.57. The van der Waals surface area contributed by atoms with Gasteiger partial charge >= 0.3 is 12.3 Å². The van der Waals surface area contributed by atoms with E-state index in [0.29, 0.717) is 42.5 Å². The van der Waals surface area contributed by atoms with Gasteiger partial charge in [0.2, 0.25) is 0 Å². The van der Waals surface area contributed by atoms with E-state index in [1.165, 1.54) is 23.0 Å². The molecule has 0 spiro atoms. The van der Waals surface area contributed by atoms with Crippen molar-refractivity contribution in [3.05, 3.63) is 69.2 Å². The predicted octanol–water partition coefficient (Wildman–Crippen LogP) is 6.87. The molecule has 9 nitrogen and oxygen atoms in total. The van der Waals surface area contributed by atoms with Gasteiger partial charge in [0.05, 0.1) is 40.8 Å². The molecule has 0 saturated carbocycles. The van der Waals surface area contributed by atoms with Crippen molar-refractivity contribution in [1.82, 2.24) is 20.0 Å². The molecule has 44 heavy (non-hydrogen) atoms. The maximum atomic E-state index is 13.6. The molecular formula is C30H30ClF3N4O5S. The average Bonchev–Trinajstić information content (AvgIpc) is 3.43. The first-order chi connectivity index (χ1) is 20.6. The third-order valence-corrected chi connectivity index (χ3v) is 8.35. The molecule has 3 aromatic rings. The zero-order chi connectivity index (χ0) is 31.9. The van der Waals surface area contributed by atoms with Crippen LogP contribution in [-0.2, 0) is 27.0 Å². The first-order valence-corrected chi connectivity index (χ1v) is 15.0. The number of aromatic nitrogens is 2. The first-order valence-electron chi connectivity index (χ1n) is 13.8. The maximum Gasteiger partial charge on any atom is 0.416 e. The molecule has 0 radical (unpaired) electrons. The van der Waals surface area contributed by atoms with E-state index < -0.39 is 40.1 Å². The second-order valence-corrected chi connectivity index (χ2v) is 13.1. The number of thioether (sulfide) groups is 1. The summed E-state index contributed by atoms with van der Waals surface area (Å²) in [5.74, 6) is -0.491. The van der Waals surface area contributed by atoms with Crippen LogP contribution in [0.3, 0.4) is 0 Å². The zero-order valence-corrected chi connectivity index (χ0v) is 25.7. The van der Waals surface area contributed by atoms with Crippen molar-refractivity contribution in [2.75, 3.05) is 19.8 Å². The minimum absolute atomic E-state index is 0.0114. The fourth-order valence-corrected chi connectivity index (χ4v) is 6.14. The van der Waals surface area contributed by atoms with E-state index in [2.05, 4.69) is 10.4 Å². The number of imide groups is 1. The number of halogens is 4. The Kier molecular flexibility index (Phi) is 8.76. The van der Waals surface area contributed by atoms with Gasteiger partial charge in [-0.2, -0.15) is 18.3 Å². The summed E-state index contributed by atoms with van der Waals surface area (Å²) in [4.78, 5) is 40.3. The molecule has 1 N–H and O–H groups in total. The molecule has 3 amide bonds. The van der Waals surface area contributed by atoms with Crippen molar-refractivity contribution in [3.8, 4) is 0 Å². The van der Waals surface area contributed by atoms with E-state index in [4.69, 9.17) is 21.1 Å². The molecule has 5 rings (SSSR count). The molecule has 234 valence electrons. The third-order valence-electron chi connectivity index (χ3n) is 7.21. The molecule has 0 bridgehead atoms. The number of rotatable bonds is 6. The number of fused-ring (bicyclic) bond motifs is 1. The SMILES string of the molecule is CC(C)(C)OC(=O)NC1(CN2C(=O)SC(=Cc3ccc4c(cnn4Cc4ccc(Cl)cc4C(F)(F)F)c3)C2=O)CCOCC1. The van der Waals surface area contributed by atoms with Crippen molar-refractivity contribution in [2.24, 2.45) is 0 Å². The van der Waals surface area contributed by atoms with Crippen molar-refractivity contribution < 1.29 is 37.0 Å². The Labute approximate surface area is 260 Å². The van der Waals surface area contributed by atoms with Crippen LogP contribution in [0.15, 0.2) is 47.5 Å². The second-order valence-electron chi connectivity index (χ2n) is 11.7. The molecule has 3 heterocycles. The molecule has 2 saturated heterocycles. The second kappa shape index (κ2) is 12.1. The van der Waals surface area contributed by atoms with Crippen LogP contribution >= 0.6 is 23.4 Å². The Morgan fingerprint density at radius 3 is 2.57 bits per heavy atom. The lowest BCUT2D eigenvalue weighted by Crippen LogP contribution is -2.59. The average molecular weight is 651 g/mol. The monoisotopic (exact) mass is 650 g/mol. The van der Waals surface area contributed by atoms with E-state index in [-0.39, 0.29) is 28.6 Å². The van der Waals surface area contributed by atoms with Gasteiger partial charge in [0.15, 0.2) is 0 Å². The number of benzene rings is 2. The van der Waals surface area contributed by atoms with Crippen LogP contribution in [0.5, 0.6) is 0 Å². The summed E-state index contributed by atoms with van der Waals surface area (Å²) >= 11 is 6.60. The number of alkyl carbamates (subject to hydrolysis) is 1. The number of nitrogens with zero attached hydrogens (tertiary/aromatic N) is 3. The molecule has 0 aliphatic carbocycles. The number of hydrogen-bond acceptors (Lipinski definition) is 7. The highest BCUT2D eigenvalue weighted by Gasteiger charge is 2.44. The van der Waals surface area contributed by atoms with Gasteiger partial charge in [-0.3, -0.25) is 19.2 Å². The smallest absolute Gasteiger partial charge is 0.416 e. The summed E-state index contributed by atoms with van der Waals surface area (Å²) in [5, 5.41) is 7.32. The van der Waals surface area contributed by atoms with Crippen LogP contribution in [0.2, 0.25) is 5.02 Å². The quantitative estimate of drug-likeness (QED) is 0.291. The maximum absolute atomic E-state index is 13.6. The van der Waals surface area contributed by atoms with Crippen LogP contribution in [0.1, 0.15) is 50.3 Å². The lowest BCUT2D eigenvalue weighted by molar-refractivity contribution is -0.138. The summed E-state index contributed by atoms with van der Waals surface area (Å²) in [6.07, 6.45) is -1.31. The fraction of sp³-hybridized carbons (Fsp3) is 0.400. The van der Waals surface area contributed by atoms with Crippen molar-refractivity contribution in [2.45, 2.75) is 57.5 Å². The van der Waals surface area contributed by atoms with Gasteiger partial charge in [-0.1, -0.05) is 23.7 Å². The molecule has 14 heteroatoms. The van der Waals surface area contributed by atoms with E-state index in [0.717, 1.165) is 22.7 Å². The number of ether oxygens (including phenoxy) is 2. The normalized spacial score (nSPS) is 18.3. The molecule has 0 unspecified atom stereocenters. The largest absolute Gasteiger partial charge is 0.444 e. The summed E-state index contributed by atoms with van der Waals surface area (Å²) in [6.45, 7) is 5.78. The number of nitrogens with one attached hydrogen (secondary N) is 1. The fourth-order valence-electron chi connectivity index (χ4n) is 5.13. The van der Waals surface area contributed by atoms with Gasteiger partial charge in [-0.25, -0.2) is 4.79 Å². The Balaban J connectivity index is 1.34. The molecular weight excluding hydrogens is 621 g/mol. The number of carbonyl (C=O) groups is 3.